The Bertz CT molecular complexity index is 358. The minimum Gasteiger partial charge on any atom is -0.369 e. The van der Waals surface area contributed by atoms with Crippen LogP contribution in [-0.4, -0.2) is 12.6 Å². The summed E-state index contributed by atoms with van der Waals surface area (Å²) in [5, 5.41) is 3.47. The average molecular weight is 217 g/mol. The van der Waals surface area contributed by atoms with E-state index in [2.05, 4.69) is 16.6 Å². The van der Waals surface area contributed by atoms with Crippen LogP contribution < -0.4 is 0 Å². The van der Waals surface area contributed by atoms with Gasteiger partial charge in [-0.3, -0.25) is 0 Å². The van der Waals surface area contributed by atoms with Crippen LogP contribution in [-0.2, 0) is 11.3 Å². The molecule has 0 aromatic heterocycles. The fourth-order valence-electron chi connectivity index (χ4n) is 1.28. The molecule has 0 fully saturated rings. The first-order chi connectivity index (χ1) is 7.86. The third kappa shape index (κ3) is 4.64. The van der Waals surface area contributed by atoms with Gasteiger partial charge in [0.1, 0.15) is 0 Å². The maximum atomic E-state index is 8.15. The Kier molecular flexibility index (Phi) is 5.78. The maximum Gasteiger partial charge on any atom is 0.0759 e. The van der Waals surface area contributed by atoms with Gasteiger partial charge >= 0.3 is 0 Å². The zero-order valence-electron chi connectivity index (χ0n) is 9.12. The molecular weight excluding hydrogens is 202 g/mol. The molecule has 0 aliphatic carbocycles. The summed E-state index contributed by atoms with van der Waals surface area (Å²) in [6.45, 7) is 4.67. The second-order valence-corrected chi connectivity index (χ2v) is 3.31. The van der Waals surface area contributed by atoms with Gasteiger partial charge < -0.3 is 4.74 Å². The fraction of sp³-hybridized carbons (Fsp3) is 0.333. The van der Waals surface area contributed by atoms with Crippen molar-refractivity contribution < 1.29 is 4.74 Å². The maximum absolute atomic E-state index is 8.15. The molecule has 4 nitrogen and oxygen atoms in total. The monoisotopic (exact) mass is 217 g/mol. The average Bonchev–Trinajstić information content (AvgIpc) is 2.35. The molecule has 0 aliphatic heterocycles. The van der Waals surface area contributed by atoms with Gasteiger partial charge in [0.15, 0.2) is 0 Å². The zero-order valence-corrected chi connectivity index (χ0v) is 9.12. The van der Waals surface area contributed by atoms with Crippen molar-refractivity contribution in [2.45, 2.75) is 19.1 Å². The Morgan fingerprint density at radius 2 is 2.19 bits per heavy atom. The number of azide groups is 1. The highest BCUT2D eigenvalue weighted by atomic mass is 16.5. The lowest BCUT2D eigenvalue weighted by Crippen LogP contribution is -2.10. The molecule has 4 heteroatoms. The molecule has 16 heavy (non-hydrogen) atoms. The van der Waals surface area contributed by atoms with E-state index in [4.69, 9.17) is 10.3 Å². The molecule has 0 bridgehead atoms. The van der Waals surface area contributed by atoms with Crippen LogP contribution in [0.5, 0.6) is 0 Å². The van der Waals surface area contributed by atoms with E-state index in [1.54, 1.807) is 6.08 Å². The zero-order chi connectivity index (χ0) is 11.6. The third-order valence-electron chi connectivity index (χ3n) is 2.15. The summed E-state index contributed by atoms with van der Waals surface area (Å²) in [6.07, 6.45) is 2.33. The van der Waals surface area contributed by atoms with Gasteiger partial charge in [0.05, 0.1) is 12.7 Å². The van der Waals surface area contributed by atoms with Crippen LogP contribution in [0.3, 0.4) is 0 Å². The quantitative estimate of drug-likeness (QED) is 0.298. The van der Waals surface area contributed by atoms with Gasteiger partial charge in [-0.1, -0.05) is 41.5 Å². The Morgan fingerprint density at radius 1 is 1.44 bits per heavy atom. The molecule has 1 atom stereocenters. The van der Waals surface area contributed by atoms with Gasteiger partial charge in [-0.2, -0.15) is 0 Å². The van der Waals surface area contributed by atoms with Crippen molar-refractivity contribution in [1.29, 1.82) is 0 Å². The van der Waals surface area contributed by atoms with Crippen molar-refractivity contribution in [3.63, 3.8) is 0 Å². The molecule has 0 radical (unpaired) electrons. The largest absolute Gasteiger partial charge is 0.369 e. The smallest absolute Gasteiger partial charge is 0.0759 e. The molecule has 0 aliphatic rings. The SMILES string of the molecule is C=CC(CCN=[N+]=[N-])OCc1ccccc1. The van der Waals surface area contributed by atoms with Crippen LogP contribution in [0, 0.1) is 0 Å². The van der Waals surface area contributed by atoms with Gasteiger partial charge in [-0.25, -0.2) is 0 Å². The minimum atomic E-state index is -0.0642. The van der Waals surface area contributed by atoms with E-state index >= 15 is 0 Å². The molecule has 0 spiro atoms. The van der Waals surface area contributed by atoms with Gasteiger partial charge in [0.2, 0.25) is 0 Å². The van der Waals surface area contributed by atoms with E-state index in [-0.39, 0.29) is 6.10 Å². The van der Waals surface area contributed by atoms with Crippen LogP contribution in [0.2, 0.25) is 0 Å². The Hall–Kier alpha value is -1.77. The van der Waals surface area contributed by atoms with Gasteiger partial charge in [-0.15, -0.1) is 6.58 Å². The predicted octanol–water partition coefficient (Wildman–Crippen LogP) is 3.46. The minimum absolute atomic E-state index is 0.0642. The molecule has 0 saturated carbocycles. The summed E-state index contributed by atoms with van der Waals surface area (Å²) in [4.78, 5) is 2.70. The molecular formula is C12H15N3O. The van der Waals surface area contributed by atoms with Crippen molar-refractivity contribution in [1.82, 2.24) is 0 Å². The summed E-state index contributed by atoms with van der Waals surface area (Å²) >= 11 is 0. The normalized spacial score (nSPS) is 11.5. The molecule has 1 aromatic rings. The lowest BCUT2D eigenvalue weighted by Gasteiger charge is -2.12. The first-order valence-corrected chi connectivity index (χ1v) is 5.15. The van der Waals surface area contributed by atoms with Crippen LogP contribution in [0.25, 0.3) is 10.4 Å². The van der Waals surface area contributed by atoms with Crippen LogP contribution in [0.1, 0.15) is 12.0 Å². The summed E-state index contributed by atoms with van der Waals surface area (Å²) in [6, 6.07) is 9.93. The van der Waals surface area contributed by atoms with Crippen LogP contribution in [0.15, 0.2) is 48.1 Å². The topological polar surface area (TPSA) is 58.0 Å². The Balaban J connectivity index is 2.34. The molecule has 0 heterocycles. The predicted molar refractivity (Wildman–Crippen MR) is 63.8 cm³/mol. The molecule has 0 saturated heterocycles. The number of benzene rings is 1. The van der Waals surface area contributed by atoms with Crippen molar-refractivity contribution in [3.8, 4) is 0 Å². The summed E-state index contributed by atoms with van der Waals surface area (Å²) < 4.78 is 5.62. The second kappa shape index (κ2) is 7.51. The number of ether oxygens (including phenoxy) is 1. The highest BCUT2D eigenvalue weighted by molar-refractivity contribution is 5.13. The van der Waals surface area contributed by atoms with Crippen molar-refractivity contribution in [2.75, 3.05) is 6.54 Å². The molecule has 84 valence electrons. The highest BCUT2D eigenvalue weighted by Crippen LogP contribution is 2.06. The number of hydrogen-bond donors (Lipinski definition) is 0. The molecule has 1 unspecified atom stereocenters. The summed E-state index contributed by atoms with van der Waals surface area (Å²) in [7, 11) is 0. The lowest BCUT2D eigenvalue weighted by molar-refractivity contribution is 0.0683. The van der Waals surface area contributed by atoms with E-state index in [9.17, 15) is 0 Å². The fourth-order valence-corrected chi connectivity index (χ4v) is 1.28. The molecule has 1 rings (SSSR count). The lowest BCUT2D eigenvalue weighted by atomic mass is 10.2. The first-order valence-electron chi connectivity index (χ1n) is 5.15. The molecule has 0 amide bonds. The van der Waals surface area contributed by atoms with Crippen molar-refractivity contribution in [3.05, 3.63) is 59.0 Å². The van der Waals surface area contributed by atoms with Crippen molar-refractivity contribution >= 4 is 0 Å². The van der Waals surface area contributed by atoms with Crippen molar-refractivity contribution in [2.24, 2.45) is 5.11 Å². The molecule has 1 aromatic carbocycles. The summed E-state index contributed by atoms with van der Waals surface area (Å²) in [5.74, 6) is 0. The number of rotatable bonds is 7. The van der Waals surface area contributed by atoms with E-state index in [0.29, 0.717) is 19.6 Å². The van der Waals surface area contributed by atoms with E-state index in [1.807, 2.05) is 30.3 Å². The Labute approximate surface area is 95.2 Å². The molecule has 0 N–H and O–H groups in total. The second-order valence-electron chi connectivity index (χ2n) is 3.31. The van der Waals surface area contributed by atoms with E-state index in [1.165, 1.54) is 0 Å². The van der Waals surface area contributed by atoms with Gasteiger partial charge in [0, 0.05) is 11.5 Å². The van der Waals surface area contributed by atoms with Gasteiger partial charge in [0.25, 0.3) is 0 Å². The van der Waals surface area contributed by atoms with Crippen LogP contribution >= 0.6 is 0 Å². The van der Waals surface area contributed by atoms with E-state index in [0.717, 1.165) is 5.56 Å². The first kappa shape index (κ1) is 12.3. The van der Waals surface area contributed by atoms with E-state index < -0.39 is 0 Å². The highest BCUT2D eigenvalue weighted by Gasteiger charge is 2.03. The van der Waals surface area contributed by atoms with Crippen LogP contribution in [0.4, 0.5) is 0 Å². The third-order valence-corrected chi connectivity index (χ3v) is 2.15. The number of nitrogens with zero attached hydrogens (tertiary/aromatic N) is 3. The van der Waals surface area contributed by atoms with Gasteiger partial charge in [-0.05, 0) is 17.5 Å². The number of hydrogen-bond acceptors (Lipinski definition) is 2. The Morgan fingerprint density at radius 3 is 2.81 bits per heavy atom. The standard InChI is InChI=1S/C12H15N3O/c1-2-12(8-9-14-15-13)16-10-11-6-4-3-5-7-11/h2-7,12H,1,8-10H2. The summed E-state index contributed by atoms with van der Waals surface area (Å²) in [5.41, 5.74) is 9.27.